The lowest BCUT2D eigenvalue weighted by Crippen LogP contribution is -2.52. The average Bonchev–Trinajstić information content (AvgIpc) is 2.98. The monoisotopic (exact) mass is 239 g/mol. The van der Waals surface area contributed by atoms with E-state index in [-0.39, 0.29) is 11.9 Å². The van der Waals surface area contributed by atoms with Gasteiger partial charge in [0.15, 0.2) is 0 Å². The summed E-state index contributed by atoms with van der Waals surface area (Å²) < 4.78 is 0. The lowest BCUT2D eigenvalue weighted by molar-refractivity contribution is -0.126. The first-order valence-corrected chi connectivity index (χ1v) is 7.01. The maximum absolute atomic E-state index is 11.9. The summed E-state index contributed by atoms with van der Waals surface area (Å²) in [7, 11) is 0. The molecule has 0 aromatic rings. The van der Waals surface area contributed by atoms with E-state index in [2.05, 4.69) is 15.5 Å². The molecular weight excluding hydrogens is 214 g/mol. The summed E-state index contributed by atoms with van der Waals surface area (Å²) in [5, 5.41) is 6.51. The van der Waals surface area contributed by atoms with Crippen LogP contribution in [0.25, 0.3) is 0 Å². The molecule has 3 unspecified atom stereocenters. The van der Waals surface area contributed by atoms with Gasteiger partial charge in [0.1, 0.15) is 0 Å². The molecule has 0 radical (unpaired) electrons. The van der Waals surface area contributed by atoms with Crippen LogP contribution in [-0.2, 0) is 4.79 Å². The largest absolute Gasteiger partial charge is 0.355 e. The fraction of sp³-hybridized carbons (Fsp3) is 0.923. The number of carbonyl (C=O) groups is 1. The van der Waals surface area contributed by atoms with Crippen LogP contribution in [0.4, 0.5) is 0 Å². The van der Waals surface area contributed by atoms with E-state index in [1.54, 1.807) is 0 Å². The van der Waals surface area contributed by atoms with Gasteiger partial charge in [0.25, 0.3) is 0 Å². The molecule has 3 atom stereocenters. The van der Waals surface area contributed by atoms with E-state index in [4.69, 9.17) is 0 Å². The van der Waals surface area contributed by atoms with Crippen LogP contribution >= 0.6 is 0 Å². The van der Waals surface area contributed by atoms with Gasteiger partial charge in [0, 0.05) is 18.6 Å². The minimum atomic E-state index is 0.0184. The van der Waals surface area contributed by atoms with Crippen molar-refractivity contribution >= 4 is 5.91 Å². The smallest absolute Gasteiger partial charge is 0.237 e. The Kier molecular flexibility index (Phi) is 4.40. The SMILES string of the molecule is CCNC(=O)C(C)N1CCCC1C1CCCN1. The second kappa shape index (κ2) is 5.83. The number of carbonyl (C=O) groups excluding carboxylic acids is 1. The van der Waals surface area contributed by atoms with Crippen LogP contribution in [0, 0.1) is 0 Å². The first kappa shape index (κ1) is 12.8. The summed E-state index contributed by atoms with van der Waals surface area (Å²) >= 11 is 0. The van der Waals surface area contributed by atoms with Crippen LogP contribution in [0.3, 0.4) is 0 Å². The number of amides is 1. The lowest BCUT2D eigenvalue weighted by atomic mass is 10.0. The van der Waals surface area contributed by atoms with Gasteiger partial charge >= 0.3 is 0 Å². The van der Waals surface area contributed by atoms with Gasteiger partial charge in [-0.15, -0.1) is 0 Å². The number of likely N-dealkylation sites (tertiary alicyclic amines) is 1. The van der Waals surface area contributed by atoms with E-state index >= 15 is 0 Å². The molecule has 2 heterocycles. The fourth-order valence-electron chi connectivity index (χ4n) is 3.24. The first-order chi connectivity index (χ1) is 8.24. The van der Waals surface area contributed by atoms with Crippen molar-refractivity contribution in [1.29, 1.82) is 0 Å². The van der Waals surface area contributed by atoms with Crippen molar-refractivity contribution in [3.63, 3.8) is 0 Å². The summed E-state index contributed by atoms with van der Waals surface area (Å²) in [5.74, 6) is 0.178. The maximum atomic E-state index is 11.9. The van der Waals surface area contributed by atoms with Gasteiger partial charge in [0.05, 0.1) is 6.04 Å². The van der Waals surface area contributed by atoms with Crippen LogP contribution in [-0.4, -0.2) is 48.6 Å². The van der Waals surface area contributed by atoms with E-state index < -0.39 is 0 Å². The molecule has 17 heavy (non-hydrogen) atoms. The zero-order chi connectivity index (χ0) is 12.3. The molecule has 0 spiro atoms. The van der Waals surface area contributed by atoms with Gasteiger partial charge < -0.3 is 10.6 Å². The van der Waals surface area contributed by atoms with Gasteiger partial charge in [-0.05, 0) is 52.6 Å². The Hall–Kier alpha value is -0.610. The molecule has 2 aliphatic rings. The second-order valence-corrected chi connectivity index (χ2v) is 5.22. The number of nitrogens with one attached hydrogen (secondary N) is 2. The highest BCUT2D eigenvalue weighted by Crippen LogP contribution is 2.26. The molecule has 2 fully saturated rings. The molecule has 0 saturated carbocycles. The van der Waals surface area contributed by atoms with Gasteiger partial charge in [-0.1, -0.05) is 0 Å². The Balaban J connectivity index is 1.95. The van der Waals surface area contributed by atoms with Gasteiger partial charge in [-0.25, -0.2) is 0 Å². The summed E-state index contributed by atoms with van der Waals surface area (Å²) in [6, 6.07) is 1.19. The first-order valence-electron chi connectivity index (χ1n) is 7.01. The molecular formula is C13H25N3O. The number of likely N-dealkylation sites (N-methyl/N-ethyl adjacent to an activating group) is 1. The van der Waals surface area contributed by atoms with Gasteiger partial charge in [-0.2, -0.15) is 0 Å². The van der Waals surface area contributed by atoms with Crippen LogP contribution in [0.15, 0.2) is 0 Å². The summed E-state index contributed by atoms with van der Waals surface area (Å²) in [5.41, 5.74) is 0. The Morgan fingerprint density at radius 2 is 2.29 bits per heavy atom. The number of hydrogen-bond acceptors (Lipinski definition) is 3. The highest BCUT2D eigenvalue weighted by atomic mass is 16.2. The lowest BCUT2D eigenvalue weighted by Gasteiger charge is -2.33. The fourth-order valence-corrected chi connectivity index (χ4v) is 3.24. The summed E-state index contributed by atoms with van der Waals surface area (Å²) in [6.07, 6.45) is 5.02. The minimum absolute atomic E-state index is 0.0184. The Morgan fingerprint density at radius 3 is 2.94 bits per heavy atom. The van der Waals surface area contributed by atoms with E-state index in [0.717, 1.165) is 19.6 Å². The molecule has 2 saturated heterocycles. The van der Waals surface area contributed by atoms with Crippen molar-refractivity contribution in [3.8, 4) is 0 Å². The topological polar surface area (TPSA) is 44.4 Å². The standard InChI is InChI=1S/C13H25N3O/c1-3-14-13(17)10(2)16-9-5-7-12(16)11-6-4-8-15-11/h10-12,15H,3-9H2,1-2H3,(H,14,17). The molecule has 2 rings (SSSR count). The Bertz CT molecular complexity index is 263. The van der Waals surface area contributed by atoms with Gasteiger partial charge in [-0.3, -0.25) is 9.69 Å². The molecule has 98 valence electrons. The van der Waals surface area contributed by atoms with Crippen molar-refractivity contribution in [1.82, 2.24) is 15.5 Å². The Morgan fingerprint density at radius 1 is 1.47 bits per heavy atom. The van der Waals surface area contributed by atoms with E-state index in [1.165, 1.54) is 25.7 Å². The van der Waals surface area contributed by atoms with Gasteiger partial charge in [0.2, 0.25) is 5.91 Å². The minimum Gasteiger partial charge on any atom is -0.355 e. The van der Waals surface area contributed by atoms with Crippen molar-refractivity contribution in [2.24, 2.45) is 0 Å². The van der Waals surface area contributed by atoms with Crippen LogP contribution in [0.1, 0.15) is 39.5 Å². The predicted octanol–water partition coefficient (Wildman–Crippen LogP) is 0.727. The number of hydrogen-bond donors (Lipinski definition) is 2. The second-order valence-electron chi connectivity index (χ2n) is 5.22. The number of rotatable bonds is 4. The quantitative estimate of drug-likeness (QED) is 0.760. The molecule has 4 nitrogen and oxygen atoms in total. The highest BCUT2D eigenvalue weighted by molar-refractivity contribution is 5.81. The van der Waals surface area contributed by atoms with Crippen molar-refractivity contribution in [3.05, 3.63) is 0 Å². The Labute approximate surface area is 104 Å². The van der Waals surface area contributed by atoms with E-state index in [1.807, 2.05) is 13.8 Å². The maximum Gasteiger partial charge on any atom is 0.237 e. The third-order valence-corrected chi connectivity index (χ3v) is 4.13. The molecule has 0 aromatic carbocycles. The molecule has 2 N–H and O–H groups in total. The molecule has 4 heteroatoms. The predicted molar refractivity (Wildman–Crippen MR) is 68.9 cm³/mol. The third kappa shape index (κ3) is 2.80. The van der Waals surface area contributed by atoms with Crippen LogP contribution in [0.5, 0.6) is 0 Å². The van der Waals surface area contributed by atoms with Crippen LogP contribution in [0.2, 0.25) is 0 Å². The molecule has 0 bridgehead atoms. The molecule has 0 aromatic heterocycles. The van der Waals surface area contributed by atoms with Crippen molar-refractivity contribution < 1.29 is 4.79 Å². The summed E-state index contributed by atoms with van der Waals surface area (Å²) in [6.45, 7) is 6.96. The van der Waals surface area contributed by atoms with Crippen LogP contribution < -0.4 is 10.6 Å². The molecule has 1 amide bonds. The van der Waals surface area contributed by atoms with E-state index in [0.29, 0.717) is 12.1 Å². The highest BCUT2D eigenvalue weighted by Gasteiger charge is 2.37. The third-order valence-electron chi connectivity index (χ3n) is 4.13. The zero-order valence-electron chi connectivity index (χ0n) is 11.0. The van der Waals surface area contributed by atoms with Crippen molar-refractivity contribution in [2.45, 2.75) is 57.7 Å². The molecule has 0 aliphatic carbocycles. The molecule has 2 aliphatic heterocycles. The van der Waals surface area contributed by atoms with Crippen molar-refractivity contribution in [2.75, 3.05) is 19.6 Å². The van der Waals surface area contributed by atoms with E-state index in [9.17, 15) is 4.79 Å². The zero-order valence-corrected chi connectivity index (χ0v) is 11.0. The summed E-state index contributed by atoms with van der Waals surface area (Å²) in [4.78, 5) is 14.3. The number of nitrogens with zero attached hydrogens (tertiary/aromatic N) is 1. The normalized spacial score (nSPS) is 31.6. The average molecular weight is 239 g/mol.